The van der Waals surface area contributed by atoms with E-state index in [1.165, 1.54) is 6.07 Å². The van der Waals surface area contributed by atoms with Gasteiger partial charge in [0, 0.05) is 0 Å². The lowest BCUT2D eigenvalue weighted by Crippen LogP contribution is -2.11. The van der Waals surface area contributed by atoms with E-state index in [1.54, 1.807) is 19.1 Å². The monoisotopic (exact) mass is 292 g/mol. The lowest BCUT2D eigenvalue weighted by atomic mass is 10.2. The Morgan fingerprint density at radius 3 is 2.84 bits per heavy atom. The molecule has 2 rings (SSSR count). The minimum absolute atomic E-state index is 0.308. The number of nitrogens with zero attached hydrogens (tertiary/aromatic N) is 2. The fourth-order valence-electron chi connectivity index (χ4n) is 1.49. The van der Waals surface area contributed by atoms with Gasteiger partial charge < -0.3 is 11.1 Å². The lowest BCUT2D eigenvalue weighted by molar-refractivity contribution is 0.103. The standard InChI is InChI=1S/C12H9ClN4OS/c1-6-10(19-12(15)16-6)11(18)17-9-3-2-7(5-14)4-8(9)13/h2-4H,1H3,(H2,15,16)(H,17,18). The Morgan fingerprint density at radius 1 is 1.58 bits per heavy atom. The van der Waals surface area contributed by atoms with E-state index in [1.807, 2.05) is 6.07 Å². The van der Waals surface area contributed by atoms with Gasteiger partial charge in [-0.05, 0) is 25.1 Å². The smallest absolute Gasteiger partial charge is 0.267 e. The fraction of sp³-hybridized carbons (Fsp3) is 0.0833. The number of halogens is 1. The largest absolute Gasteiger partial charge is 0.375 e. The Morgan fingerprint density at radius 2 is 2.32 bits per heavy atom. The van der Waals surface area contributed by atoms with E-state index in [9.17, 15) is 4.79 Å². The van der Waals surface area contributed by atoms with Crippen molar-refractivity contribution in [1.82, 2.24) is 4.98 Å². The van der Waals surface area contributed by atoms with Crippen LogP contribution in [-0.2, 0) is 0 Å². The van der Waals surface area contributed by atoms with Crippen LogP contribution in [0.25, 0.3) is 0 Å². The van der Waals surface area contributed by atoms with Crippen LogP contribution in [0.15, 0.2) is 18.2 Å². The molecule has 0 saturated carbocycles. The van der Waals surface area contributed by atoms with E-state index >= 15 is 0 Å². The molecule has 3 N–H and O–H groups in total. The van der Waals surface area contributed by atoms with Crippen LogP contribution in [0, 0.1) is 18.3 Å². The Labute approximate surface area is 118 Å². The highest BCUT2D eigenvalue weighted by Crippen LogP contribution is 2.25. The molecule has 7 heteroatoms. The van der Waals surface area contributed by atoms with Gasteiger partial charge in [0.05, 0.1) is 28.0 Å². The maximum Gasteiger partial charge on any atom is 0.267 e. The van der Waals surface area contributed by atoms with E-state index in [0.717, 1.165) is 11.3 Å². The van der Waals surface area contributed by atoms with Crippen molar-refractivity contribution >= 4 is 39.7 Å². The molecule has 2 aromatic rings. The molecule has 0 aliphatic rings. The van der Waals surface area contributed by atoms with Crippen molar-refractivity contribution in [2.24, 2.45) is 0 Å². The molecule has 1 amide bonds. The summed E-state index contributed by atoms with van der Waals surface area (Å²) in [6.45, 7) is 1.71. The first-order valence-corrected chi connectivity index (χ1v) is 6.44. The van der Waals surface area contributed by atoms with Gasteiger partial charge in [0.2, 0.25) is 0 Å². The van der Waals surface area contributed by atoms with Crippen LogP contribution in [0.4, 0.5) is 10.8 Å². The Hall–Kier alpha value is -2.10. The number of benzene rings is 1. The molecular weight excluding hydrogens is 284 g/mol. The molecule has 0 radical (unpaired) electrons. The van der Waals surface area contributed by atoms with Gasteiger partial charge in [-0.2, -0.15) is 5.26 Å². The summed E-state index contributed by atoms with van der Waals surface area (Å²) in [6.07, 6.45) is 0. The van der Waals surface area contributed by atoms with E-state index in [2.05, 4.69) is 10.3 Å². The number of thiazole rings is 1. The number of aryl methyl sites for hydroxylation is 1. The average Bonchev–Trinajstić information content (AvgIpc) is 2.71. The molecule has 5 nitrogen and oxygen atoms in total. The molecule has 19 heavy (non-hydrogen) atoms. The van der Waals surface area contributed by atoms with Crippen LogP contribution >= 0.6 is 22.9 Å². The Bertz CT molecular complexity index is 690. The van der Waals surface area contributed by atoms with E-state index in [-0.39, 0.29) is 5.91 Å². The normalized spacial score (nSPS) is 9.95. The summed E-state index contributed by atoms with van der Waals surface area (Å²) < 4.78 is 0. The number of aromatic nitrogens is 1. The highest BCUT2D eigenvalue weighted by Gasteiger charge is 2.15. The molecule has 96 valence electrons. The summed E-state index contributed by atoms with van der Waals surface area (Å²) in [4.78, 5) is 16.5. The van der Waals surface area contributed by atoms with Gasteiger partial charge in [0.15, 0.2) is 5.13 Å². The van der Waals surface area contributed by atoms with Crippen LogP contribution in [0.5, 0.6) is 0 Å². The van der Waals surface area contributed by atoms with E-state index in [4.69, 9.17) is 22.6 Å². The molecule has 1 heterocycles. The van der Waals surface area contributed by atoms with Gasteiger partial charge >= 0.3 is 0 Å². The fourth-order valence-corrected chi connectivity index (χ4v) is 2.45. The number of amides is 1. The van der Waals surface area contributed by atoms with Gasteiger partial charge in [-0.1, -0.05) is 22.9 Å². The van der Waals surface area contributed by atoms with Crippen LogP contribution in [0.3, 0.4) is 0 Å². The molecule has 0 saturated heterocycles. The molecular formula is C12H9ClN4OS. The predicted molar refractivity (Wildman–Crippen MR) is 75.4 cm³/mol. The van der Waals surface area contributed by atoms with Gasteiger partial charge in [0.25, 0.3) is 5.91 Å². The number of hydrogen-bond donors (Lipinski definition) is 2. The lowest BCUT2D eigenvalue weighted by Gasteiger charge is -2.06. The molecule has 0 aliphatic carbocycles. The van der Waals surface area contributed by atoms with Crippen molar-refractivity contribution in [3.05, 3.63) is 39.4 Å². The summed E-state index contributed by atoms with van der Waals surface area (Å²) in [5.41, 5.74) is 6.99. The zero-order valence-electron chi connectivity index (χ0n) is 9.90. The minimum atomic E-state index is -0.321. The predicted octanol–water partition coefficient (Wildman–Crippen LogP) is 2.81. The molecule has 0 spiro atoms. The maximum absolute atomic E-state index is 12.0. The molecule has 1 aromatic carbocycles. The van der Waals surface area contributed by atoms with Gasteiger partial charge in [-0.15, -0.1) is 0 Å². The highest BCUT2D eigenvalue weighted by atomic mass is 35.5. The third-order valence-corrected chi connectivity index (χ3v) is 3.66. The number of rotatable bonds is 2. The van der Waals surface area contributed by atoms with Gasteiger partial charge in [-0.25, -0.2) is 4.98 Å². The summed E-state index contributed by atoms with van der Waals surface area (Å²) >= 11 is 7.10. The maximum atomic E-state index is 12.0. The first-order valence-electron chi connectivity index (χ1n) is 5.25. The molecule has 0 bridgehead atoms. The van der Waals surface area contributed by atoms with Crippen LogP contribution in [0.2, 0.25) is 5.02 Å². The third kappa shape index (κ3) is 2.84. The second-order valence-corrected chi connectivity index (χ2v) is 5.17. The number of nitrogens with one attached hydrogen (secondary N) is 1. The van der Waals surface area contributed by atoms with Crippen LogP contribution in [-0.4, -0.2) is 10.9 Å². The van der Waals surface area contributed by atoms with Gasteiger partial charge in [-0.3, -0.25) is 4.79 Å². The summed E-state index contributed by atoms with van der Waals surface area (Å²) in [6, 6.07) is 6.62. The van der Waals surface area contributed by atoms with Crippen molar-refractivity contribution in [2.45, 2.75) is 6.92 Å². The Kier molecular flexibility index (Phi) is 3.69. The average molecular weight is 293 g/mol. The number of carbonyl (C=O) groups is 1. The number of nitrogens with two attached hydrogens (primary N) is 1. The SMILES string of the molecule is Cc1nc(N)sc1C(=O)Nc1ccc(C#N)cc1Cl. The van der Waals surface area contributed by atoms with Crippen molar-refractivity contribution in [3.63, 3.8) is 0 Å². The van der Waals surface area contributed by atoms with Crippen molar-refractivity contribution in [2.75, 3.05) is 11.1 Å². The second kappa shape index (κ2) is 5.26. The molecule has 0 atom stereocenters. The van der Waals surface area contributed by atoms with E-state index in [0.29, 0.717) is 32.0 Å². The minimum Gasteiger partial charge on any atom is -0.375 e. The summed E-state index contributed by atoms with van der Waals surface area (Å²) in [5.74, 6) is -0.321. The zero-order valence-corrected chi connectivity index (χ0v) is 11.5. The highest BCUT2D eigenvalue weighted by molar-refractivity contribution is 7.17. The number of nitrogen functional groups attached to an aromatic ring is 1. The van der Waals surface area contributed by atoms with Crippen molar-refractivity contribution in [3.8, 4) is 6.07 Å². The molecule has 0 unspecified atom stereocenters. The molecule has 0 fully saturated rings. The summed E-state index contributed by atoms with van der Waals surface area (Å²) in [7, 11) is 0. The number of anilines is 2. The number of nitriles is 1. The van der Waals surface area contributed by atoms with E-state index < -0.39 is 0 Å². The van der Waals surface area contributed by atoms with Crippen LogP contribution in [0.1, 0.15) is 20.9 Å². The van der Waals surface area contributed by atoms with Crippen molar-refractivity contribution < 1.29 is 4.79 Å². The first-order chi connectivity index (χ1) is 9.01. The number of hydrogen-bond acceptors (Lipinski definition) is 5. The quantitative estimate of drug-likeness (QED) is 0.890. The molecule has 0 aliphatic heterocycles. The van der Waals surface area contributed by atoms with Gasteiger partial charge in [0.1, 0.15) is 4.88 Å². The first kappa shape index (κ1) is 13.3. The number of carbonyl (C=O) groups excluding carboxylic acids is 1. The van der Waals surface area contributed by atoms with Crippen molar-refractivity contribution in [1.29, 1.82) is 5.26 Å². The Balaban J connectivity index is 2.25. The third-order valence-electron chi connectivity index (χ3n) is 2.37. The topological polar surface area (TPSA) is 91.8 Å². The van der Waals surface area contributed by atoms with Crippen LogP contribution < -0.4 is 11.1 Å². The zero-order chi connectivity index (χ0) is 14.0. The second-order valence-electron chi connectivity index (χ2n) is 3.73. The summed E-state index contributed by atoms with van der Waals surface area (Å²) in [5, 5.41) is 12.1. The molecule has 1 aromatic heterocycles.